The van der Waals surface area contributed by atoms with Crippen LogP contribution in [0.2, 0.25) is 0 Å². The molecule has 4 heteroatoms. The van der Waals surface area contributed by atoms with Gasteiger partial charge in [-0.25, -0.2) is 0 Å². The molecule has 98 valence electrons. The molecule has 0 amide bonds. The van der Waals surface area contributed by atoms with Crippen molar-refractivity contribution in [2.45, 2.75) is 27.7 Å². The summed E-state index contributed by atoms with van der Waals surface area (Å²) < 4.78 is 1.77. The summed E-state index contributed by atoms with van der Waals surface area (Å²) >= 11 is 0. The Balaban J connectivity index is 3.07. The van der Waals surface area contributed by atoms with E-state index in [1.54, 1.807) is 24.6 Å². The van der Waals surface area contributed by atoms with E-state index >= 15 is 0 Å². The van der Waals surface area contributed by atoms with Crippen molar-refractivity contribution >= 4 is 17.3 Å². The molecular formula is C14H19NO3. The summed E-state index contributed by atoms with van der Waals surface area (Å²) in [5.41, 5.74) is 1.50. The molecule has 0 saturated heterocycles. The van der Waals surface area contributed by atoms with Crippen LogP contribution in [0.15, 0.2) is 12.1 Å². The summed E-state index contributed by atoms with van der Waals surface area (Å²) in [6.45, 7) is 6.24. The highest BCUT2D eigenvalue weighted by Gasteiger charge is 2.32. The molecule has 0 bridgehead atoms. The average Bonchev–Trinajstić information content (AvgIpc) is 2.57. The number of hydrogen-bond acceptors (Lipinski definition) is 3. The number of carbonyl (C=O) groups excluding carboxylic acids is 3. The summed E-state index contributed by atoms with van der Waals surface area (Å²) in [6, 6.07) is 3.57. The van der Waals surface area contributed by atoms with Gasteiger partial charge in [-0.2, -0.15) is 0 Å². The van der Waals surface area contributed by atoms with Crippen molar-refractivity contribution in [3.63, 3.8) is 0 Å². The molecule has 4 nitrogen and oxygen atoms in total. The number of aryl methyl sites for hydroxylation is 1. The van der Waals surface area contributed by atoms with E-state index in [-0.39, 0.29) is 17.3 Å². The highest BCUT2D eigenvalue weighted by Crippen LogP contribution is 2.20. The molecule has 0 N–H and O–H groups in total. The van der Waals surface area contributed by atoms with E-state index in [0.717, 1.165) is 5.69 Å². The van der Waals surface area contributed by atoms with Gasteiger partial charge < -0.3 is 4.57 Å². The van der Waals surface area contributed by atoms with E-state index in [1.165, 1.54) is 13.8 Å². The Hall–Kier alpha value is -1.71. The number of rotatable bonds is 5. The second-order valence-corrected chi connectivity index (χ2v) is 4.77. The minimum Gasteiger partial charge on any atom is -0.346 e. The maximum absolute atomic E-state index is 12.3. The van der Waals surface area contributed by atoms with Crippen molar-refractivity contribution in [2.24, 2.45) is 18.9 Å². The average molecular weight is 249 g/mol. The molecule has 0 radical (unpaired) electrons. The van der Waals surface area contributed by atoms with Crippen LogP contribution < -0.4 is 0 Å². The molecule has 0 aromatic carbocycles. The fourth-order valence-corrected chi connectivity index (χ4v) is 2.24. The van der Waals surface area contributed by atoms with E-state index in [1.807, 2.05) is 13.0 Å². The van der Waals surface area contributed by atoms with E-state index in [9.17, 15) is 14.4 Å². The molecule has 0 aliphatic carbocycles. The van der Waals surface area contributed by atoms with E-state index < -0.39 is 11.8 Å². The molecule has 0 aliphatic heterocycles. The second-order valence-electron chi connectivity index (χ2n) is 4.77. The predicted octanol–water partition coefficient (Wildman–Crippen LogP) is 1.95. The van der Waals surface area contributed by atoms with Crippen molar-refractivity contribution in [1.29, 1.82) is 0 Å². The number of hydrogen-bond donors (Lipinski definition) is 0. The first kappa shape index (κ1) is 14.4. The number of Topliss-reactive ketones (excluding diaryl/α,β-unsaturated/α-hetero) is 3. The quantitative estimate of drug-likeness (QED) is 0.592. The molecule has 1 atom stereocenters. The van der Waals surface area contributed by atoms with Crippen LogP contribution in [0, 0.1) is 18.8 Å². The largest absolute Gasteiger partial charge is 0.346 e. The predicted molar refractivity (Wildman–Crippen MR) is 68.5 cm³/mol. The van der Waals surface area contributed by atoms with E-state index in [0.29, 0.717) is 5.69 Å². The van der Waals surface area contributed by atoms with Gasteiger partial charge in [0.15, 0.2) is 5.78 Å². The molecule has 1 unspecified atom stereocenters. The second kappa shape index (κ2) is 5.29. The van der Waals surface area contributed by atoms with Crippen molar-refractivity contribution < 1.29 is 14.4 Å². The van der Waals surface area contributed by atoms with Crippen molar-refractivity contribution in [2.75, 3.05) is 0 Å². The maximum Gasteiger partial charge on any atom is 0.183 e. The Bertz CT molecular complexity index is 485. The van der Waals surface area contributed by atoms with Gasteiger partial charge in [0, 0.05) is 18.7 Å². The Morgan fingerprint density at radius 3 is 1.94 bits per heavy atom. The zero-order chi connectivity index (χ0) is 14.0. The van der Waals surface area contributed by atoms with E-state index in [4.69, 9.17) is 0 Å². The first-order valence-electron chi connectivity index (χ1n) is 5.94. The van der Waals surface area contributed by atoms with Crippen LogP contribution >= 0.6 is 0 Å². The molecular weight excluding hydrogens is 230 g/mol. The molecule has 1 heterocycles. The van der Waals surface area contributed by atoms with Crippen LogP contribution in [0.1, 0.15) is 37.0 Å². The number of nitrogens with zero attached hydrogens (tertiary/aromatic N) is 1. The summed E-state index contributed by atoms with van der Waals surface area (Å²) in [4.78, 5) is 35.2. The minimum atomic E-state index is -0.840. The first-order valence-corrected chi connectivity index (χ1v) is 5.94. The highest BCUT2D eigenvalue weighted by atomic mass is 16.2. The third-order valence-electron chi connectivity index (χ3n) is 3.41. The van der Waals surface area contributed by atoms with Crippen LogP contribution in [0.5, 0.6) is 0 Å². The van der Waals surface area contributed by atoms with Gasteiger partial charge in [-0.1, -0.05) is 6.92 Å². The lowest BCUT2D eigenvalue weighted by molar-refractivity contribution is -0.131. The van der Waals surface area contributed by atoms with Crippen LogP contribution in [0.4, 0.5) is 0 Å². The van der Waals surface area contributed by atoms with Crippen LogP contribution in [-0.2, 0) is 16.6 Å². The molecule has 0 saturated carbocycles. The maximum atomic E-state index is 12.3. The third kappa shape index (κ3) is 2.58. The summed E-state index contributed by atoms with van der Waals surface area (Å²) in [6.07, 6.45) is 0. The van der Waals surface area contributed by atoms with E-state index in [2.05, 4.69) is 0 Å². The number of carbonyl (C=O) groups is 3. The highest BCUT2D eigenvalue weighted by molar-refractivity contribution is 6.07. The minimum absolute atomic E-state index is 0.166. The number of aromatic nitrogens is 1. The summed E-state index contributed by atoms with van der Waals surface area (Å²) in [7, 11) is 1.80. The van der Waals surface area contributed by atoms with Crippen LogP contribution in [-0.4, -0.2) is 21.9 Å². The molecule has 0 aliphatic rings. The Labute approximate surface area is 107 Å². The number of ketones is 3. The Morgan fingerprint density at radius 2 is 1.61 bits per heavy atom. The molecule has 1 aromatic heterocycles. The van der Waals surface area contributed by atoms with Gasteiger partial charge in [0.05, 0.1) is 11.6 Å². The van der Waals surface area contributed by atoms with Crippen LogP contribution in [0.25, 0.3) is 0 Å². The van der Waals surface area contributed by atoms with Gasteiger partial charge in [-0.15, -0.1) is 0 Å². The lowest BCUT2D eigenvalue weighted by Gasteiger charge is -2.18. The molecule has 1 rings (SSSR count). The topological polar surface area (TPSA) is 56.1 Å². The van der Waals surface area contributed by atoms with Gasteiger partial charge in [-0.05, 0) is 32.9 Å². The standard InChI is InChI=1S/C14H19NO3/c1-8-6-7-12(15(8)5)14(18)9(2)13(10(3)16)11(4)17/h6-7,9,13H,1-5H3. The Morgan fingerprint density at radius 1 is 1.11 bits per heavy atom. The van der Waals surface area contributed by atoms with Gasteiger partial charge in [0.2, 0.25) is 0 Å². The molecule has 1 aromatic rings. The van der Waals surface area contributed by atoms with Gasteiger partial charge >= 0.3 is 0 Å². The summed E-state index contributed by atoms with van der Waals surface area (Å²) in [5.74, 6) is -2.13. The lowest BCUT2D eigenvalue weighted by atomic mass is 9.83. The SMILES string of the molecule is CC(=O)C(C(C)=O)C(C)C(=O)c1ccc(C)n1C. The third-order valence-corrected chi connectivity index (χ3v) is 3.41. The molecule has 0 fully saturated rings. The van der Waals surface area contributed by atoms with Gasteiger partial charge in [0.1, 0.15) is 11.6 Å². The van der Waals surface area contributed by atoms with Crippen LogP contribution in [0.3, 0.4) is 0 Å². The van der Waals surface area contributed by atoms with Gasteiger partial charge in [0.25, 0.3) is 0 Å². The zero-order valence-electron chi connectivity index (χ0n) is 11.5. The fourth-order valence-electron chi connectivity index (χ4n) is 2.24. The van der Waals surface area contributed by atoms with Gasteiger partial charge in [-0.3, -0.25) is 14.4 Å². The zero-order valence-corrected chi connectivity index (χ0v) is 11.5. The Kier molecular flexibility index (Phi) is 4.22. The first-order chi connectivity index (χ1) is 8.27. The van der Waals surface area contributed by atoms with Crippen molar-refractivity contribution in [1.82, 2.24) is 4.57 Å². The van der Waals surface area contributed by atoms with Crippen molar-refractivity contribution in [3.05, 3.63) is 23.5 Å². The monoisotopic (exact) mass is 249 g/mol. The fraction of sp³-hybridized carbons (Fsp3) is 0.500. The molecule has 18 heavy (non-hydrogen) atoms. The normalized spacial score (nSPS) is 12.6. The molecule has 0 spiro atoms. The lowest BCUT2D eigenvalue weighted by Crippen LogP contribution is -2.32. The van der Waals surface area contributed by atoms with Crippen molar-refractivity contribution in [3.8, 4) is 0 Å². The summed E-state index contributed by atoms with van der Waals surface area (Å²) in [5, 5.41) is 0. The smallest absolute Gasteiger partial charge is 0.183 e.